The molecule has 3 atom stereocenters. The molecule has 0 spiro atoms. The van der Waals surface area contributed by atoms with Crippen LogP contribution in [-0.4, -0.2) is 30.1 Å². The van der Waals surface area contributed by atoms with Crippen LogP contribution in [0, 0.1) is 17.8 Å². The minimum atomic E-state index is -0.466. The Morgan fingerprint density at radius 2 is 2.27 bits per heavy atom. The lowest BCUT2D eigenvalue weighted by Crippen LogP contribution is -2.38. The number of ether oxygens (including phenoxy) is 1. The van der Waals surface area contributed by atoms with Gasteiger partial charge >= 0.3 is 6.09 Å². The van der Waals surface area contributed by atoms with Crippen molar-refractivity contribution in [2.24, 2.45) is 17.8 Å². The number of cyclic esters (lactones) is 1. The normalized spacial score (nSPS) is 37.5. The van der Waals surface area contributed by atoms with Crippen molar-refractivity contribution in [3.63, 3.8) is 0 Å². The number of fused-ring (bicyclic) bond motifs is 2. The molecular formula is C11H13NO3. The first-order valence-electron chi connectivity index (χ1n) is 5.42. The van der Waals surface area contributed by atoms with E-state index < -0.39 is 6.09 Å². The Morgan fingerprint density at radius 3 is 2.80 bits per heavy atom. The Kier molecular flexibility index (Phi) is 1.84. The summed E-state index contributed by atoms with van der Waals surface area (Å²) in [5.41, 5.74) is 0. The smallest absolute Gasteiger partial charge is 0.416 e. The standard InChI is InChI=1S/C11H13NO3/c13-10(12-3-4-15-11(12)14)9-6-7-1-2-8(9)5-7/h1-2,7-9H,3-6H2/t7-,8-,9+/m0/s1. The molecule has 0 unspecified atom stereocenters. The fourth-order valence-corrected chi connectivity index (χ4v) is 2.86. The van der Waals surface area contributed by atoms with Crippen molar-refractivity contribution in [3.8, 4) is 0 Å². The van der Waals surface area contributed by atoms with E-state index in [-0.39, 0.29) is 11.8 Å². The summed E-state index contributed by atoms with van der Waals surface area (Å²) in [7, 11) is 0. The zero-order chi connectivity index (χ0) is 10.4. The van der Waals surface area contributed by atoms with Crippen LogP contribution in [0.2, 0.25) is 0 Å². The molecule has 2 fully saturated rings. The highest BCUT2D eigenvalue weighted by atomic mass is 16.6. The summed E-state index contributed by atoms with van der Waals surface area (Å²) in [5.74, 6) is 0.901. The van der Waals surface area contributed by atoms with E-state index in [4.69, 9.17) is 4.74 Å². The summed E-state index contributed by atoms with van der Waals surface area (Å²) in [4.78, 5) is 24.5. The highest BCUT2D eigenvalue weighted by Gasteiger charge is 2.43. The average Bonchev–Trinajstić information content (AvgIpc) is 2.91. The fourth-order valence-electron chi connectivity index (χ4n) is 2.86. The molecule has 1 heterocycles. The maximum atomic E-state index is 12.0. The zero-order valence-corrected chi connectivity index (χ0v) is 8.39. The second-order valence-corrected chi connectivity index (χ2v) is 4.49. The number of amides is 2. The molecule has 0 N–H and O–H groups in total. The van der Waals surface area contributed by atoms with Crippen molar-refractivity contribution in [2.75, 3.05) is 13.2 Å². The van der Waals surface area contributed by atoms with Gasteiger partial charge in [0.25, 0.3) is 0 Å². The molecule has 2 amide bonds. The Balaban J connectivity index is 1.75. The molecule has 80 valence electrons. The number of rotatable bonds is 1. The zero-order valence-electron chi connectivity index (χ0n) is 8.39. The molecule has 3 rings (SSSR count). The van der Waals surface area contributed by atoms with E-state index in [1.165, 1.54) is 4.90 Å². The maximum absolute atomic E-state index is 12.0. The minimum absolute atomic E-state index is 0.0191. The molecular weight excluding hydrogens is 194 g/mol. The van der Waals surface area contributed by atoms with Crippen LogP contribution in [0.15, 0.2) is 12.2 Å². The van der Waals surface area contributed by atoms with Crippen LogP contribution in [0.1, 0.15) is 12.8 Å². The molecule has 0 radical (unpaired) electrons. The predicted octanol–water partition coefficient (Wildman–Crippen LogP) is 1.18. The highest BCUT2D eigenvalue weighted by molar-refractivity contribution is 5.94. The largest absolute Gasteiger partial charge is 0.447 e. The number of carbonyl (C=O) groups excluding carboxylic acids is 2. The molecule has 0 aromatic heterocycles. The number of carbonyl (C=O) groups is 2. The van der Waals surface area contributed by atoms with Gasteiger partial charge in [-0.05, 0) is 24.7 Å². The van der Waals surface area contributed by atoms with Gasteiger partial charge < -0.3 is 4.74 Å². The van der Waals surface area contributed by atoms with Crippen LogP contribution in [0.3, 0.4) is 0 Å². The van der Waals surface area contributed by atoms with Crippen LogP contribution in [0.4, 0.5) is 4.79 Å². The molecule has 4 heteroatoms. The number of allylic oxidation sites excluding steroid dienone is 2. The van der Waals surface area contributed by atoms with Crippen LogP contribution >= 0.6 is 0 Å². The van der Waals surface area contributed by atoms with Crippen LogP contribution in [0.5, 0.6) is 0 Å². The van der Waals surface area contributed by atoms with E-state index in [1.54, 1.807) is 0 Å². The maximum Gasteiger partial charge on any atom is 0.416 e. The van der Waals surface area contributed by atoms with Crippen molar-refractivity contribution in [2.45, 2.75) is 12.8 Å². The summed E-state index contributed by atoms with van der Waals surface area (Å²) in [5, 5.41) is 0. The van der Waals surface area contributed by atoms with Crippen molar-refractivity contribution >= 4 is 12.0 Å². The third-order valence-electron chi connectivity index (χ3n) is 3.62. The number of hydrogen-bond acceptors (Lipinski definition) is 3. The van der Waals surface area contributed by atoms with Crippen LogP contribution < -0.4 is 0 Å². The Bertz CT molecular complexity index is 350. The van der Waals surface area contributed by atoms with Gasteiger partial charge in [0.1, 0.15) is 6.61 Å². The molecule has 1 saturated heterocycles. The van der Waals surface area contributed by atoms with Gasteiger partial charge in [-0.15, -0.1) is 0 Å². The first-order chi connectivity index (χ1) is 7.25. The second-order valence-electron chi connectivity index (χ2n) is 4.49. The van der Waals surface area contributed by atoms with Crippen molar-refractivity contribution in [1.82, 2.24) is 4.90 Å². The van der Waals surface area contributed by atoms with Gasteiger partial charge in [0, 0.05) is 5.92 Å². The topological polar surface area (TPSA) is 46.6 Å². The number of imide groups is 1. The van der Waals surface area contributed by atoms with E-state index in [9.17, 15) is 9.59 Å². The molecule has 0 aromatic carbocycles. The van der Waals surface area contributed by atoms with Crippen LogP contribution in [-0.2, 0) is 9.53 Å². The molecule has 2 bridgehead atoms. The van der Waals surface area contributed by atoms with Crippen molar-refractivity contribution < 1.29 is 14.3 Å². The Morgan fingerprint density at radius 1 is 1.40 bits per heavy atom. The fraction of sp³-hybridized carbons (Fsp3) is 0.636. The number of nitrogens with zero attached hydrogens (tertiary/aromatic N) is 1. The van der Waals surface area contributed by atoms with Gasteiger partial charge in [-0.2, -0.15) is 0 Å². The molecule has 4 nitrogen and oxygen atoms in total. The lowest BCUT2D eigenvalue weighted by Gasteiger charge is -2.20. The second kappa shape index (κ2) is 3.08. The quantitative estimate of drug-likeness (QED) is 0.606. The van der Waals surface area contributed by atoms with E-state index in [0.29, 0.717) is 25.0 Å². The summed E-state index contributed by atoms with van der Waals surface area (Å²) in [6.07, 6.45) is 5.84. The first-order valence-corrected chi connectivity index (χ1v) is 5.42. The predicted molar refractivity (Wildman–Crippen MR) is 51.9 cm³/mol. The lowest BCUT2D eigenvalue weighted by atomic mass is 9.92. The van der Waals surface area contributed by atoms with Gasteiger partial charge in [0.2, 0.25) is 5.91 Å². The summed E-state index contributed by atoms with van der Waals surface area (Å²) in [6, 6.07) is 0. The van der Waals surface area contributed by atoms with Gasteiger partial charge in [-0.1, -0.05) is 12.2 Å². The first kappa shape index (κ1) is 8.95. The van der Waals surface area contributed by atoms with E-state index >= 15 is 0 Å². The monoisotopic (exact) mass is 207 g/mol. The van der Waals surface area contributed by atoms with E-state index in [2.05, 4.69) is 12.2 Å². The molecule has 3 aliphatic rings. The summed E-state index contributed by atoms with van der Waals surface area (Å²) in [6.45, 7) is 0.774. The van der Waals surface area contributed by atoms with E-state index in [0.717, 1.165) is 12.8 Å². The Labute approximate surface area is 87.9 Å². The van der Waals surface area contributed by atoms with Gasteiger partial charge in [-0.3, -0.25) is 4.79 Å². The molecule has 0 aromatic rings. The number of hydrogen-bond donors (Lipinski definition) is 0. The van der Waals surface area contributed by atoms with Crippen molar-refractivity contribution in [1.29, 1.82) is 0 Å². The summed E-state index contributed by atoms with van der Waals surface area (Å²) < 4.78 is 4.77. The lowest BCUT2D eigenvalue weighted by molar-refractivity contribution is -0.132. The van der Waals surface area contributed by atoms with E-state index in [1.807, 2.05) is 0 Å². The molecule has 1 aliphatic heterocycles. The third-order valence-corrected chi connectivity index (χ3v) is 3.62. The Hall–Kier alpha value is -1.32. The van der Waals surface area contributed by atoms with Crippen LogP contribution in [0.25, 0.3) is 0 Å². The summed E-state index contributed by atoms with van der Waals surface area (Å²) >= 11 is 0. The SMILES string of the molecule is O=C1OCCN1C(=O)[C@@H]1C[C@H]2C=C[C@H]1C2. The van der Waals surface area contributed by atoms with Gasteiger partial charge in [0.05, 0.1) is 6.54 Å². The van der Waals surface area contributed by atoms with Gasteiger partial charge in [0.15, 0.2) is 0 Å². The molecule has 1 saturated carbocycles. The highest BCUT2D eigenvalue weighted by Crippen LogP contribution is 2.44. The van der Waals surface area contributed by atoms with Gasteiger partial charge in [-0.25, -0.2) is 9.69 Å². The minimum Gasteiger partial charge on any atom is -0.447 e. The van der Waals surface area contributed by atoms with Crippen molar-refractivity contribution in [3.05, 3.63) is 12.2 Å². The average molecular weight is 207 g/mol. The third kappa shape index (κ3) is 1.28. The molecule has 15 heavy (non-hydrogen) atoms. The molecule has 2 aliphatic carbocycles.